The average Bonchev–Trinajstić information content (AvgIpc) is 3.54. The molecule has 0 radical (unpaired) electrons. The Morgan fingerprint density at radius 3 is 1.83 bits per heavy atom. The Bertz CT molecular complexity index is 2560. The van der Waals surface area contributed by atoms with Crippen molar-refractivity contribution in [3.8, 4) is 33.4 Å². The van der Waals surface area contributed by atoms with E-state index in [9.17, 15) is 0 Å². The number of para-hydroxylation sites is 3. The van der Waals surface area contributed by atoms with Gasteiger partial charge in [-0.15, -0.1) is 0 Å². The van der Waals surface area contributed by atoms with E-state index in [0.717, 1.165) is 50.1 Å². The van der Waals surface area contributed by atoms with Gasteiger partial charge in [0.05, 0.1) is 5.69 Å². The lowest BCUT2D eigenvalue weighted by Gasteiger charge is -2.28. The molecule has 8 aromatic carbocycles. The van der Waals surface area contributed by atoms with E-state index in [1.807, 2.05) is 12.1 Å². The van der Waals surface area contributed by atoms with Crippen LogP contribution in [0.2, 0.25) is 0 Å². The Kier molecular flexibility index (Phi) is 6.84. The van der Waals surface area contributed by atoms with Crippen molar-refractivity contribution in [2.24, 2.45) is 0 Å². The van der Waals surface area contributed by atoms with E-state index in [0.29, 0.717) is 0 Å². The van der Waals surface area contributed by atoms with Crippen molar-refractivity contribution in [2.45, 2.75) is 0 Å². The fourth-order valence-corrected chi connectivity index (χ4v) is 6.96. The van der Waals surface area contributed by atoms with Crippen molar-refractivity contribution >= 4 is 49.8 Å². The van der Waals surface area contributed by atoms with E-state index in [2.05, 4.69) is 181 Å². The maximum atomic E-state index is 6.28. The third-order valence-electron chi connectivity index (χ3n) is 9.27. The van der Waals surface area contributed by atoms with Crippen LogP contribution in [0.5, 0.6) is 0 Å². The van der Waals surface area contributed by atoms with Gasteiger partial charge in [0.1, 0.15) is 11.2 Å². The van der Waals surface area contributed by atoms with Crippen LogP contribution in [-0.4, -0.2) is 0 Å². The highest BCUT2D eigenvalue weighted by Gasteiger charge is 2.18. The Hall–Kier alpha value is -6.38. The maximum Gasteiger partial charge on any atom is 0.136 e. The summed E-state index contributed by atoms with van der Waals surface area (Å²) in [7, 11) is 0. The fourth-order valence-electron chi connectivity index (χ4n) is 6.96. The summed E-state index contributed by atoms with van der Waals surface area (Å²) in [5, 5.41) is 4.79. The first-order valence-corrected chi connectivity index (χ1v) is 16.3. The van der Waals surface area contributed by atoms with Crippen molar-refractivity contribution in [2.75, 3.05) is 4.90 Å². The van der Waals surface area contributed by atoms with E-state index in [1.165, 1.54) is 33.0 Å². The number of furan rings is 1. The Morgan fingerprint density at radius 1 is 0.333 bits per heavy atom. The Morgan fingerprint density at radius 2 is 0.938 bits per heavy atom. The summed E-state index contributed by atoms with van der Waals surface area (Å²) in [5.74, 6) is 0. The lowest BCUT2D eigenvalue weighted by atomic mass is 9.95. The molecule has 226 valence electrons. The van der Waals surface area contributed by atoms with Gasteiger partial charge in [-0.3, -0.25) is 0 Å². The molecule has 0 aliphatic heterocycles. The zero-order chi connectivity index (χ0) is 31.9. The van der Waals surface area contributed by atoms with Crippen molar-refractivity contribution in [3.05, 3.63) is 188 Å². The first-order valence-electron chi connectivity index (χ1n) is 16.3. The monoisotopic (exact) mass is 613 g/mol. The fraction of sp³-hybridized carbons (Fsp3) is 0. The van der Waals surface area contributed by atoms with Crippen LogP contribution in [0.15, 0.2) is 192 Å². The van der Waals surface area contributed by atoms with E-state index in [4.69, 9.17) is 4.42 Å². The molecule has 2 heteroatoms. The summed E-state index contributed by atoms with van der Waals surface area (Å²) >= 11 is 0. The predicted octanol–water partition coefficient (Wildman–Crippen LogP) is 13.2. The van der Waals surface area contributed by atoms with Gasteiger partial charge in [-0.1, -0.05) is 133 Å². The molecule has 0 spiro atoms. The van der Waals surface area contributed by atoms with Crippen LogP contribution in [0.25, 0.3) is 66.1 Å². The summed E-state index contributed by atoms with van der Waals surface area (Å²) in [6.45, 7) is 0. The lowest BCUT2D eigenvalue weighted by Crippen LogP contribution is -2.11. The summed E-state index contributed by atoms with van der Waals surface area (Å²) in [6.07, 6.45) is 0. The molecule has 1 heterocycles. The molecule has 0 saturated heterocycles. The second-order valence-corrected chi connectivity index (χ2v) is 12.2. The number of anilines is 3. The molecule has 0 amide bonds. The topological polar surface area (TPSA) is 16.4 Å². The SMILES string of the molecule is c1ccc(N(c2ccc(-c3cccc(-c4cccc5ccccc45)c3)cc2)c2ccccc2-c2ccc3c(c2)oc2ccccc23)cc1. The average molecular weight is 614 g/mol. The second-order valence-electron chi connectivity index (χ2n) is 12.2. The molecule has 0 saturated carbocycles. The van der Waals surface area contributed by atoms with Gasteiger partial charge in [-0.05, 0) is 93.2 Å². The lowest BCUT2D eigenvalue weighted by molar-refractivity contribution is 0.669. The number of benzene rings is 8. The Labute approximate surface area is 279 Å². The molecule has 0 bridgehead atoms. The van der Waals surface area contributed by atoms with E-state index < -0.39 is 0 Å². The van der Waals surface area contributed by atoms with Crippen LogP contribution >= 0.6 is 0 Å². The molecule has 0 aliphatic carbocycles. The van der Waals surface area contributed by atoms with E-state index in [-0.39, 0.29) is 0 Å². The first kappa shape index (κ1) is 27.9. The molecule has 0 atom stereocenters. The number of rotatable bonds is 6. The smallest absolute Gasteiger partial charge is 0.136 e. The molecule has 9 rings (SSSR count). The van der Waals surface area contributed by atoms with E-state index >= 15 is 0 Å². The highest BCUT2D eigenvalue weighted by molar-refractivity contribution is 6.06. The first-order chi connectivity index (χ1) is 23.8. The molecule has 0 unspecified atom stereocenters. The zero-order valence-corrected chi connectivity index (χ0v) is 26.3. The van der Waals surface area contributed by atoms with Crippen LogP contribution < -0.4 is 4.90 Å². The molecule has 1 aromatic heterocycles. The molecular weight excluding hydrogens is 583 g/mol. The number of hydrogen-bond acceptors (Lipinski definition) is 2. The van der Waals surface area contributed by atoms with Gasteiger partial charge in [0.25, 0.3) is 0 Å². The minimum absolute atomic E-state index is 0.893. The number of hydrogen-bond donors (Lipinski definition) is 0. The van der Waals surface area contributed by atoms with E-state index in [1.54, 1.807) is 0 Å². The Balaban J connectivity index is 1.12. The maximum absolute atomic E-state index is 6.28. The predicted molar refractivity (Wildman–Crippen MR) is 202 cm³/mol. The highest BCUT2D eigenvalue weighted by atomic mass is 16.3. The van der Waals surface area contributed by atoms with Gasteiger partial charge in [0.2, 0.25) is 0 Å². The minimum atomic E-state index is 0.893. The molecule has 48 heavy (non-hydrogen) atoms. The molecular formula is C46H31NO. The normalized spacial score (nSPS) is 11.3. The van der Waals surface area contributed by atoms with Crippen molar-refractivity contribution < 1.29 is 4.42 Å². The van der Waals surface area contributed by atoms with Gasteiger partial charge < -0.3 is 9.32 Å². The van der Waals surface area contributed by atoms with Crippen molar-refractivity contribution in [3.63, 3.8) is 0 Å². The summed E-state index contributed by atoms with van der Waals surface area (Å²) in [5.41, 5.74) is 12.2. The molecule has 9 aromatic rings. The minimum Gasteiger partial charge on any atom is -0.456 e. The third-order valence-corrected chi connectivity index (χ3v) is 9.27. The third kappa shape index (κ3) is 4.92. The molecule has 0 aliphatic rings. The standard InChI is InChI=1S/C46H31NO/c1-2-16-37(17-3-1)47(44-22-8-6-19-41(44)36-26-29-43-42-20-7-9-23-45(42)48-46(43)31-36)38-27-24-32(25-28-38)34-14-10-15-35(30-34)40-21-11-13-33-12-4-5-18-39(33)40/h1-31H. The van der Waals surface area contributed by atoms with Crippen molar-refractivity contribution in [1.82, 2.24) is 0 Å². The zero-order valence-electron chi connectivity index (χ0n) is 26.3. The number of nitrogens with zero attached hydrogens (tertiary/aromatic N) is 1. The van der Waals surface area contributed by atoms with Gasteiger partial charge >= 0.3 is 0 Å². The van der Waals surface area contributed by atoms with Crippen molar-refractivity contribution in [1.29, 1.82) is 0 Å². The van der Waals surface area contributed by atoms with Crippen LogP contribution in [0, 0.1) is 0 Å². The number of fused-ring (bicyclic) bond motifs is 4. The van der Waals surface area contributed by atoms with Crippen LogP contribution in [0.1, 0.15) is 0 Å². The van der Waals surface area contributed by atoms with Gasteiger partial charge in [-0.25, -0.2) is 0 Å². The van der Waals surface area contributed by atoms with Crippen LogP contribution in [0.4, 0.5) is 17.1 Å². The van der Waals surface area contributed by atoms with Crippen LogP contribution in [0.3, 0.4) is 0 Å². The summed E-state index contributed by atoms with van der Waals surface area (Å²) in [6, 6.07) is 66.9. The molecule has 2 nitrogen and oxygen atoms in total. The summed E-state index contributed by atoms with van der Waals surface area (Å²) in [4.78, 5) is 2.34. The van der Waals surface area contributed by atoms with Crippen LogP contribution in [-0.2, 0) is 0 Å². The summed E-state index contributed by atoms with van der Waals surface area (Å²) < 4.78 is 6.28. The van der Waals surface area contributed by atoms with Gasteiger partial charge in [0.15, 0.2) is 0 Å². The largest absolute Gasteiger partial charge is 0.456 e. The van der Waals surface area contributed by atoms with Gasteiger partial charge in [-0.2, -0.15) is 0 Å². The highest BCUT2D eigenvalue weighted by Crippen LogP contribution is 2.42. The molecule has 0 N–H and O–H groups in total. The second kappa shape index (κ2) is 11.8. The molecule has 0 fully saturated rings. The van der Waals surface area contributed by atoms with Gasteiger partial charge in [0, 0.05) is 27.7 Å². The quantitative estimate of drug-likeness (QED) is 0.185.